The number of piperidine rings is 2. The quantitative estimate of drug-likeness (QED) is 0.687. The van der Waals surface area contributed by atoms with Crippen molar-refractivity contribution in [3.63, 3.8) is 0 Å². The van der Waals surface area contributed by atoms with E-state index in [1.54, 1.807) is 0 Å². The zero-order valence-electron chi connectivity index (χ0n) is 7.65. The Bertz CT molecular complexity index is 136. The first-order valence-corrected chi connectivity index (χ1v) is 4.46. The SMILES string of the molecule is Cl.Cl.NOC1CC2CCCN(C2)C1. The smallest absolute Gasteiger partial charge is 0.0917 e. The lowest BCUT2D eigenvalue weighted by molar-refractivity contribution is -0.0353. The molecule has 0 spiro atoms. The van der Waals surface area contributed by atoms with Crippen molar-refractivity contribution in [2.24, 2.45) is 11.8 Å². The van der Waals surface area contributed by atoms with Gasteiger partial charge in [0.15, 0.2) is 0 Å². The number of hydrogen-bond acceptors (Lipinski definition) is 3. The Morgan fingerprint density at radius 2 is 2.00 bits per heavy atom. The molecule has 2 heterocycles. The molecular weight excluding hydrogens is 211 g/mol. The van der Waals surface area contributed by atoms with Gasteiger partial charge < -0.3 is 4.90 Å². The normalized spacial score (nSPS) is 37.2. The average Bonchev–Trinajstić information content (AvgIpc) is 2.03. The third kappa shape index (κ3) is 3.26. The summed E-state index contributed by atoms with van der Waals surface area (Å²) in [7, 11) is 0. The van der Waals surface area contributed by atoms with Crippen LogP contribution < -0.4 is 5.90 Å². The van der Waals surface area contributed by atoms with E-state index in [1.165, 1.54) is 32.4 Å². The number of nitrogens with zero attached hydrogens (tertiary/aromatic N) is 1. The minimum atomic E-state index is 0. The van der Waals surface area contributed by atoms with Crippen LogP contribution in [0.15, 0.2) is 0 Å². The second kappa shape index (κ2) is 6.04. The monoisotopic (exact) mass is 228 g/mol. The molecule has 2 bridgehead atoms. The molecule has 2 aliphatic rings. The molecule has 13 heavy (non-hydrogen) atoms. The predicted octanol–water partition coefficient (Wildman–Crippen LogP) is 1.20. The Morgan fingerprint density at radius 1 is 1.23 bits per heavy atom. The molecule has 2 fully saturated rings. The third-order valence-electron chi connectivity index (χ3n) is 2.85. The highest BCUT2D eigenvalue weighted by atomic mass is 35.5. The van der Waals surface area contributed by atoms with E-state index >= 15 is 0 Å². The van der Waals surface area contributed by atoms with Crippen LogP contribution in [0.1, 0.15) is 19.3 Å². The van der Waals surface area contributed by atoms with Crippen LogP contribution >= 0.6 is 24.8 Å². The summed E-state index contributed by atoms with van der Waals surface area (Å²) in [5.74, 6) is 6.03. The maximum Gasteiger partial charge on any atom is 0.0917 e. The molecule has 80 valence electrons. The molecule has 2 N–H and O–H groups in total. The van der Waals surface area contributed by atoms with Gasteiger partial charge in [0.05, 0.1) is 6.10 Å². The molecular formula is C8H18Cl2N2O. The average molecular weight is 229 g/mol. The Kier molecular flexibility index (Phi) is 6.25. The van der Waals surface area contributed by atoms with Crippen molar-refractivity contribution in [3.05, 3.63) is 0 Å². The van der Waals surface area contributed by atoms with E-state index in [0.29, 0.717) is 6.10 Å². The second-order valence-electron chi connectivity index (χ2n) is 3.76. The van der Waals surface area contributed by atoms with Crippen LogP contribution in [-0.2, 0) is 4.84 Å². The van der Waals surface area contributed by atoms with Gasteiger partial charge in [0, 0.05) is 13.1 Å². The maximum atomic E-state index is 5.18. The summed E-state index contributed by atoms with van der Waals surface area (Å²) in [6.07, 6.45) is 4.21. The van der Waals surface area contributed by atoms with E-state index in [9.17, 15) is 0 Å². The molecule has 0 radical (unpaired) electrons. The molecule has 0 saturated carbocycles. The molecule has 0 amide bonds. The van der Waals surface area contributed by atoms with E-state index in [4.69, 9.17) is 10.7 Å². The molecule has 2 rings (SSSR count). The highest BCUT2D eigenvalue weighted by Gasteiger charge is 2.30. The van der Waals surface area contributed by atoms with Gasteiger partial charge in [-0.3, -0.25) is 4.84 Å². The topological polar surface area (TPSA) is 38.5 Å². The van der Waals surface area contributed by atoms with Crippen molar-refractivity contribution >= 4 is 24.8 Å². The highest BCUT2D eigenvalue weighted by molar-refractivity contribution is 5.85. The van der Waals surface area contributed by atoms with E-state index in [1.807, 2.05) is 0 Å². The molecule has 2 aliphatic heterocycles. The van der Waals surface area contributed by atoms with Gasteiger partial charge in [-0.25, -0.2) is 5.90 Å². The molecule has 2 saturated heterocycles. The third-order valence-corrected chi connectivity index (χ3v) is 2.85. The summed E-state index contributed by atoms with van der Waals surface area (Å²) in [6, 6.07) is 0. The molecule has 0 aromatic rings. The molecule has 3 atom stereocenters. The summed E-state index contributed by atoms with van der Waals surface area (Å²) in [6.45, 7) is 3.57. The van der Waals surface area contributed by atoms with Gasteiger partial charge in [-0.1, -0.05) is 0 Å². The lowest BCUT2D eigenvalue weighted by Crippen LogP contribution is -2.48. The fourth-order valence-corrected chi connectivity index (χ4v) is 2.34. The first-order chi connectivity index (χ1) is 5.38. The fourth-order valence-electron chi connectivity index (χ4n) is 2.34. The molecule has 0 aromatic carbocycles. The zero-order chi connectivity index (χ0) is 7.68. The van der Waals surface area contributed by atoms with Crippen LogP contribution in [0.3, 0.4) is 0 Å². The van der Waals surface area contributed by atoms with E-state index in [-0.39, 0.29) is 24.8 Å². The van der Waals surface area contributed by atoms with Crippen LogP contribution in [0.4, 0.5) is 0 Å². The Balaban J connectivity index is 0.000000720. The van der Waals surface area contributed by atoms with Gasteiger partial charge >= 0.3 is 0 Å². The predicted molar refractivity (Wildman–Crippen MR) is 57.3 cm³/mol. The van der Waals surface area contributed by atoms with Gasteiger partial charge in [-0.2, -0.15) is 0 Å². The maximum absolute atomic E-state index is 5.18. The van der Waals surface area contributed by atoms with Crippen LogP contribution in [0, 0.1) is 5.92 Å². The zero-order valence-corrected chi connectivity index (χ0v) is 9.28. The summed E-state index contributed by atoms with van der Waals surface area (Å²) < 4.78 is 0. The fraction of sp³-hybridized carbons (Fsp3) is 1.00. The van der Waals surface area contributed by atoms with Crippen LogP contribution in [-0.4, -0.2) is 30.6 Å². The number of hydrogen-bond donors (Lipinski definition) is 1. The van der Waals surface area contributed by atoms with E-state index < -0.39 is 0 Å². The highest BCUT2D eigenvalue weighted by Crippen LogP contribution is 2.26. The van der Waals surface area contributed by atoms with Crippen molar-refractivity contribution in [2.45, 2.75) is 25.4 Å². The van der Waals surface area contributed by atoms with Crippen LogP contribution in [0.5, 0.6) is 0 Å². The number of rotatable bonds is 1. The Hall–Kier alpha value is 0.460. The van der Waals surface area contributed by atoms with Gasteiger partial charge in [-0.05, 0) is 31.7 Å². The van der Waals surface area contributed by atoms with E-state index in [2.05, 4.69) is 4.90 Å². The molecule has 3 nitrogen and oxygen atoms in total. The lowest BCUT2D eigenvalue weighted by atomic mass is 9.88. The number of nitrogens with two attached hydrogens (primary N) is 1. The minimum absolute atomic E-state index is 0. The van der Waals surface area contributed by atoms with Crippen molar-refractivity contribution in [1.29, 1.82) is 0 Å². The summed E-state index contributed by atoms with van der Waals surface area (Å²) in [5.41, 5.74) is 0. The van der Waals surface area contributed by atoms with Crippen molar-refractivity contribution in [3.8, 4) is 0 Å². The Labute approximate surface area is 91.8 Å². The van der Waals surface area contributed by atoms with Crippen molar-refractivity contribution < 1.29 is 4.84 Å². The van der Waals surface area contributed by atoms with Gasteiger partial charge in [0.25, 0.3) is 0 Å². The Morgan fingerprint density at radius 3 is 2.62 bits per heavy atom. The summed E-state index contributed by atoms with van der Waals surface area (Å²) >= 11 is 0. The van der Waals surface area contributed by atoms with Crippen molar-refractivity contribution in [1.82, 2.24) is 4.90 Å². The molecule has 0 aromatic heterocycles. The number of halogens is 2. The first kappa shape index (κ1) is 13.5. The van der Waals surface area contributed by atoms with Crippen molar-refractivity contribution in [2.75, 3.05) is 19.6 Å². The molecule has 5 heteroatoms. The molecule has 3 unspecified atom stereocenters. The standard InChI is InChI=1S/C8H16N2O.2ClH/c9-11-8-4-7-2-1-3-10(5-7)6-8;;/h7-8H,1-6,9H2;2*1H. The summed E-state index contributed by atoms with van der Waals surface area (Å²) in [4.78, 5) is 7.35. The molecule has 0 aliphatic carbocycles. The van der Waals surface area contributed by atoms with Crippen LogP contribution in [0.25, 0.3) is 0 Å². The first-order valence-electron chi connectivity index (χ1n) is 4.46. The lowest BCUT2D eigenvalue weighted by Gasteiger charge is -2.40. The largest absolute Gasteiger partial charge is 0.300 e. The van der Waals surface area contributed by atoms with Gasteiger partial charge in [0.2, 0.25) is 0 Å². The second-order valence-corrected chi connectivity index (χ2v) is 3.76. The van der Waals surface area contributed by atoms with E-state index in [0.717, 1.165) is 12.5 Å². The van der Waals surface area contributed by atoms with Gasteiger partial charge in [-0.15, -0.1) is 24.8 Å². The summed E-state index contributed by atoms with van der Waals surface area (Å²) in [5, 5.41) is 0. The van der Waals surface area contributed by atoms with Gasteiger partial charge in [0.1, 0.15) is 0 Å². The number of fused-ring (bicyclic) bond motifs is 2. The minimum Gasteiger partial charge on any atom is -0.300 e. The van der Waals surface area contributed by atoms with Crippen LogP contribution in [0.2, 0.25) is 0 Å².